The second-order valence-electron chi connectivity index (χ2n) is 24.5. The average molecular weight is 1100 g/mol. The first-order chi connectivity index (χ1) is 38.5. The molecule has 13 nitrogen and oxygen atoms in total. The number of aryl methyl sites for hydroxylation is 2. The first kappa shape index (κ1) is 53.8. The number of halogens is 1. The number of hydrogen-bond donors (Lipinski definition) is 3. The molecule has 3 N–H and O–H groups in total. The Morgan fingerprint density at radius 2 is 1.49 bits per heavy atom. The molecule has 1 aromatic heterocycles. The van der Waals surface area contributed by atoms with E-state index in [0.717, 1.165) is 123 Å². The summed E-state index contributed by atoms with van der Waals surface area (Å²) < 4.78 is 17.2. The van der Waals surface area contributed by atoms with Crippen molar-refractivity contribution in [2.24, 2.45) is 0 Å². The van der Waals surface area contributed by atoms with Gasteiger partial charge in [-0.2, -0.15) is 5.06 Å². The van der Waals surface area contributed by atoms with Crippen LogP contribution in [0.5, 0.6) is 17.2 Å². The lowest BCUT2D eigenvalue weighted by Crippen LogP contribution is -2.63. The summed E-state index contributed by atoms with van der Waals surface area (Å²) in [7, 11) is 1.60. The molecule has 6 aliphatic rings. The second kappa shape index (κ2) is 21.3. The van der Waals surface area contributed by atoms with Crippen molar-refractivity contribution in [2.75, 3.05) is 44.7 Å². The number of Topliss-reactive ketones (excluding diaryl/α,β-unsaturated/α-hetero) is 1. The SMILES string of the molecule is COc1ccc2c(c1)c(CC(=O)CCCCCNC(=O)c1ccc(C(=O)NC3CC(C)(C)N(O)C(C)(C)C3)c(C3=c4cc5c6c(c4Oc4c3cc3c7c4CCCN7CCC3)CCC[N+]=6CCC5)c1)c(C)n2C(=O)c1ccc(Cl)cc1. The first-order valence-corrected chi connectivity index (χ1v) is 29.5. The molecular formula is C66H74ClN6O7+. The second-order valence-corrected chi connectivity index (χ2v) is 24.9. The van der Waals surface area contributed by atoms with Crippen LogP contribution >= 0.6 is 11.6 Å². The fourth-order valence-electron chi connectivity index (χ4n) is 14.5. The normalized spacial score (nSPS) is 17.9. The summed E-state index contributed by atoms with van der Waals surface area (Å²) in [5, 5.41) is 22.9. The number of anilines is 1. The van der Waals surface area contributed by atoms with E-state index in [1.165, 1.54) is 38.4 Å². The van der Waals surface area contributed by atoms with E-state index in [1.807, 2.05) is 65.0 Å². The first-order valence-electron chi connectivity index (χ1n) is 29.1. The minimum absolute atomic E-state index is 0.0684. The van der Waals surface area contributed by atoms with Crippen LogP contribution < -0.4 is 40.2 Å². The molecular weight excluding hydrogens is 1020 g/mol. The molecule has 80 heavy (non-hydrogen) atoms. The van der Waals surface area contributed by atoms with Gasteiger partial charge < -0.3 is 30.2 Å². The molecule has 7 heterocycles. The topological polar surface area (TPSA) is 145 Å². The number of nitrogens with zero attached hydrogens (tertiary/aromatic N) is 4. The Kier molecular flexibility index (Phi) is 14.3. The van der Waals surface area contributed by atoms with Gasteiger partial charge in [-0.05, 0) is 188 Å². The molecule has 6 aliphatic heterocycles. The quantitative estimate of drug-likeness (QED) is 0.0716. The van der Waals surface area contributed by atoms with Gasteiger partial charge in [-0.1, -0.05) is 18.0 Å². The highest BCUT2D eigenvalue weighted by molar-refractivity contribution is 6.30. The number of benzene rings is 5. The lowest BCUT2D eigenvalue weighted by Gasteiger charge is -2.51. The number of rotatable bonds is 14. The Bertz CT molecular complexity index is 3670. The minimum Gasteiger partial charge on any atom is -0.497 e. The number of amides is 2. The van der Waals surface area contributed by atoms with Crippen LogP contribution in [0, 0.1) is 6.92 Å². The molecule has 12 rings (SSSR count). The number of hydroxylamine groups is 2. The largest absolute Gasteiger partial charge is 0.497 e. The summed E-state index contributed by atoms with van der Waals surface area (Å²) in [5.41, 5.74) is 11.6. The number of nitrogens with one attached hydrogen (secondary N) is 2. The van der Waals surface area contributed by atoms with Crippen LogP contribution in [-0.2, 0) is 36.9 Å². The van der Waals surface area contributed by atoms with Gasteiger partial charge in [0.25, 0.3) is 17.7 Å². The van der Waals surface area contributed by atoms with E-state index in [2.05, 4.69) is 32.2 Å². The van der Waals surface area contributed by atoms with Crippen molar-refractivity contribution in [1.82, 2.24) is 24.8 Å². The molecule has 416 valence electrons. The summed E-state index contributed by atoms with van der Waals surface area (Å²) in [6, 6.07) is 22.4. The van der Waals surface area contributed by atoms with E-state index in [4.69, 9.17) is 21.1 Å². The zero-order valence-electron chi connectivity index (χ0n) is 47.2. The predicted molar refractivity (Wildman–Crippen MR) is 313 cm³/mol. The third-order valence-electron chi connectivity index (χ3n) is 18.1. The number of methoxy groups -OCH3 is 1. The summed E-state index contributed by atoms with van der Waals surface area (Å²) in [5.74, 6) is 1.83. The molecule has 0 saturated carbocycles. The fraction of sp³-hybridized carbons (Fsp3) is 0.439. The molecule has 0 unspecified atom stereocenters. The molecule has 1 fully saturated rings. The van der Waals surface area contributed by atoms with Crippen molar-refractivity contribution < 1.29 is 33.9 Å². The molecule has 0 bridgehead atoms. The van der Waals surface area contributed by atoms with Crippen molar-refractivity contribution in [1.29, 1.82) is 0 Å². The number of unbranched alkanes of at least 4 members (excludes halogenated alkanes) is 2. The fourth-order valence-corrected chi connectivity index (χ4v) is 14.7. The number of piperidine rings is 1. The van der Waals surface area contributed by atoms with Crippen LogP contribution in [0.4, 0.5) is 5.69 Å². The molecule has 1 saturated heterocycles. The number of ether oxygens (including phenoxy) is 2. The van der Waals surface area contributed by atoms with Crippen LogP contribution in [0.15, 0.2) is 72.8 Å². The van der Waals surface area contributed by atoms with Crippen LogP contribution in [0.1, 0.15) is 168 Å². The molecule has 0 spiro atoms. The smallest absolute Gasteiger partial charge is 0.262 e. The highest BCUT2D eigenvalue weighted by Crippen LogP contribution is 2.49. The van der Waals surface area contributed by atoms with Gasteiger partial charge in [-0.3, -0.25) is 23.7 Å². The summed E-state index contributed by atoms with van der Waals surface area (Å²) >= 11 is 6.14. The number of aromatic nitrogens is 1. The monoisotopic (exact) mass is 1100 g/mol. The third-order valence-corrected chi connectivity index (χ3v) is 18.3. The molecule has 0 atom stereocenters. The maximum atomic E-state index is 15.2. The lowest BCUT2D eigenvalue weighted by molar-refractivity contribution is -0.245. The number of ketones is 1. The van der Waals surface area contributed by atoms with E-state index in [9.17, 15) is 19.6 Å². The molecule has 14 heteroatoms. The van der Waals surface area contributed by atoms with Gasteiger partial charge in [0, 0.05) is 128 Å². The van der Waals surface area contributed by atoms with Crippen LogP contribution in [-0.4, -0.2) is 95.3 Å². The van der Waals surface area contributed by atoms with E-state index in [-0.39, 0.29) is 36.0 Å². The standard InChI is InChI=1S/C66H73ClN6O7/c1-39-51(52-36-47(79-6)24-26-56(52)72(39)64(77)40-19-22-44(67)23-20-40)35-46(74)16-8-7-9-27-68-62(75)43-21-25-48(63(76)69-45-37-65(2,3)73(78)66(4,5)38-45)53(34-43)57-54-32-41-14-10-28-70-30-12-17-49(58(41)70)60(54)80-61-50-18-13-31-71-29-11-15-42(59(50)71)33-55(57)61/h19-26,32-34,36,45,78H,7-18,27-31,35,37-38H2,1-6H3,(H-,68,69,75,76)/p+1. The molecule has 2 amide bonds. The van der Waals surface area contributed by atoms with Gasteiger partial charge >= 0.3 is 0 Å². The maximum Gasteiger partial charge on any atom is 0.262 e. The van der Waals surface area contributed by atoms with Crippen molar-refractivity contribution in [3.05, 3.63) is 150 Å². The maximum absolute atomic E-state index is 15.2. The van der Waals surface area contributed by atoms with Gasteiger partial charge in [0.1, 0.15) is 36.1 Å². The van der Waals surface area contributed by atoms with Gasteiger partial charge in [-0.25, -0.2) is 4.58 Å². The van der Waals surface area contributed by atoms with E-state index >= 15 is 4.79 Å². The van der Waals surface area contributed by atoms with Gasteiger partial charge in [0.15, 0.2) is 0 Å². The highest BCUT2D eigenvalue weighted by atomic mass is 35.5. The number of hydrogen-bond acceptors (Lipinski definition) is 9. The Morgan fingerprint density at radius 1 is 0.775 bits per heavy atom. The Balaban J connectivity index is 0.836. The van der Waals surface area contributed by atoms with Gasteiger partial charge in [-0.15, -0.1) is 0 Å². The lowest BCUT2D eigenvalue weighted by atomic mass is 9.78. The van der Waals surface area contributed by atoms with Gasteiger partial charge in [0.2, 0.25) is 5.36 Å². The van der Waals surface area contributed by atoms with Crippen molar-refractivity contribution in [3.8, 4) is 17.2 Å². The summed E-state index contributed by atoms with van der Waals surface area (Å²) in [6.45, 7) is 14.5. The zero-order chi connectivity index (χ0) is 55.8. The predicted octanol–water partition coefficient (Wildman–Crippen LogP) is 9.98. The Labute approximate surface area is 473 Å². The molecule has 5 aromatic carbocycles. The van der Waals surface area contributed by atoms with E-state index in [0.29, 0.717) is 82.9 Å². The zero-order valence-corrected chi connectivity index (χ0v) is 48.0. The van der Waals surface area contributed by atoms with Gasteiger partial charge in [0.05, 0.1) is 18.2 Å². The third kappa shape index (κ3) is 9.70. The number of fused-ring (bicyclic) bond motifs is 5. The minimum atomic E-state index is -0.574. The Hall–Kier alpha value is -6.80. The molecule has 0 aliphatic carbocycles. The Morgan fingerprint density at radius 3 is 2.25 bits per heavy atom. The van der Waals surface area contributed by atoms with Crippen molar-refractivity contribution in [3.63, 3.8) is 0 Å². The van der Waals surface area contributed by atoms with E-state index < -0.39 is 11.1 Å². The van der Waals surface area contributed by atoms with Crippen molar-refractivity contribution >= 4 is 57.3 Å². The van der Waals surface area contributed by atoms with E-state index in [1.54, 1.807) is 42.0 Å². The highest BCUT2D eigenvalue weighted by Gasteiger charge is 2.46. The van der Waals surface area contributed by atoms with Crippen LogP contribution in [0.2, 0.25) is 5.02 Å². The van der Waals surface area contributed by atoms with Crippen LogP contribution in [0.3, 0.4) is 0 Å². The number of carbonyl (C=O) groups excluding carboxylic acids is 4. The summed E-state index contributed by atoms with van der Waals surface area (Å²) in [4.78, 5) is 59.9. The average Bonchev–Trinajstić information content (AvgIpc) is 3.83. The summed E-state index contributed by atoms with van der Waals surface area (Å²) in [6.07, 6.45) is 11.6. The van der Waals surface area contributed by atoms with Crippen molar-refractivity contribution in [2.45, 2.75) is 148 Å². The number of carbonyl (C=O) groups is 4. The molecule has 6 aromatic rings. The van der Waals surface area contributed by atoms with Crippen LogP contribution in [0.25, 0.3) is 16.5 Å². The molecule has 0 radical (unpaired) electrons.